The molecule has 1 N–H and O–H groups in total. The molecule has 1 aliphatic rings. The quantitative estimate of drug-likeness (QED) is 0.565. The molecule has 0 aliphatic carbocycles. The fourth-order valence-corrected chi connectivity index (χ4v) is 3.85. The lowest BCUT2D eigenvalue weighted by Crippen LogP contribution is -2.40. The van der Waals surface area contributed by atoms with E-state index in [2.05, 4.69) is 11.3 Å². The van der Waals surface area contributed by atoms with Gasteiger partial charge in [0.25, 0.3) is 5.91 Å². The van der Waals surface area contributed by atoms with Crippen LogP contribution in [-0.4, -0.2) is 50.9 Å². The minimum absolute atomic E-state index is 0.0367. The summed E-state index contributed by atoms with van der Waals surface area (Å²) in [5.41, 5.74) is 0.188. The lowest BCUT2D eigenvalue weighted by Gasteiger charge is -2.24. The molecule has 148 valence electrons. The summed E-state index contributed by atoms with van der Waals surface area (Å²) in [6, 6.07) is 5.38. The molecule has 1 aromatic carbocycles. The molecule has 1 aromatic rings. The molecule has 8 heteroatoms. The standard InChI is InChI=1S/C19H26N2O5S/c1-3-12-20-27(24,25)17-10-8-16(9-11-17)19(23)26-15(2)18(22)21-13-6-4-5-7-14-21/h3,8-11,15,20H,1,4-7,12-14H2,2H3. The van der Waals surface area contributed by atoms with Crippen LogP contribution in [0.25, 0.3) is 0 Å². The van der Waals surface area contributed by atoms with E-state index in [1.807, 2.05) is 0 Å². The number of benzene rings is 1. The topological polar surface area (TPSA) is 92.8 Å². The van der Waals surface area contributed by atoms with Gasteiger partial charge in [-0.05, 0) is 44.0 Å². The van der Waals surface area contributed by atoms with Crippen LogP contribution in [0.15, 0.2) is 41.8 Å². The number of likely N-dealkylation sites (tertiary alicyclic amines) is 1. The van der Waals surface area contributed by atoms with Gasteiger partial charge in [0, 0.05) is 19.6 Å². The first-order valence-electron chi connectivity index (χ1n) is 9.05. The molecule has 0 bridgehead atoms. The highest BCUT2D eigenvalue weighted by Gasteiger charge is 2.25. The molecule has 2 rings (SSSR count). The first-order chi connectivity index (χ1) is 12.8. The SMILES string of the molecule is C=CCNS(=O)(=O)c1ccc(C(=O)OC(C)C(=O)N2CCCCCC2)cc1. The summed E-state index contributed by atoms with van der Waals surface area (Å²) < 4.78 is 31.7. The molecular weight excluding hydrogens is 368 g/mol. The van der Waals surface area contributed by atoms with Crippen LogP contribution in [0, 0.1) is 0 Å². The number of carbonyl (C=O) groups excluding carboxylic acids is 2. The number of esters is 1. The van der Waals surface area contributed by atoms with Crippen molar-refractivity contribution in [2.75, 3.05) is 19.6 Å². The first-order valence-corrected chi connectivity index (χ1v) is 10.5. The third-order valence-corrected chi connectivity index (χ3v) is 5.81. The van der Waals surface area contributed by atoms with Crippen LogP contribution in [0.4, 0.5) is 0 Å². The van der Waals surface area contributed by atoms with Crippen LogP contribution < -0.4 is 4.72 Å². The molecule has 1 amide bonds. The summed E-state index contributed by atoms with van der Waals surface area (Å²) in [4.78, 5) is 26.5. The lowest BCUT2D eigenvalue weighted by atomic mass is 10.2. The second-order valence-electron chi connectivity index (χ2n) is 6.45. The van der Waals surface area contributed by atoms with Gasteiger partial charge in [-0.3, -0.25) is 4.79 Å². The van der Waals surface area contributed by atoms with E-state index in [1.165, 1.54) is 30.3 Å². The molecule has 1 fully saturated rings. The monoisotopic (exact) mass is 394 g/mol. The van der Waals surface area contributed by atoms with E-state index in [0.29, 0.717) is 13.1 Å². The first kappa shape index (κ1) is 21.1. The van der Waals surface area contributed by atoms with E-state index in [4.69, 9.17) is 4.74 Å². The molecular formula is C19H26N2O5S. The van der Waals surface area contributed by atoms with Crippen molar-refractivity contribution >= 4 is 21.9 Å². The van der Waals surface area contributed by atoms with Gasteiger partial charge in [0.05, 0.1) is 10.5 Å². The van der Waals surface area contributed by atoms with Crippen LogP contribution >= 0.6 is 0 Å². The zero-order valence-electron chi connectivity index (χ0n) is 15.5. The van der Waals surface area contributed by atoms with Crippen LogP contribution in [0.5, 0.6) is 0 Å². The van der Waals surface area contributed by atoms with Gasteiger partial charge in [-0.1, -0.05) is 18.9 Å². The number of hydrogen-bond donors (Lipinski definition) is 1. The van der Waals surface area contributed by atoms with Gasteiger partial charge >= 0.3 is 5.97 Å². The minimum Gasteiger partial charge on any atom is -0.449 e. The summed E-state index contributed by atoms with van der Waals surface area (Å²) >= 11 is 0. The fourth-order valence-electron chi connectivity index (χ4n) is 2.85. The Balaban J connectivity index is 1.98. The Kier molecular flexibility index (Phi) is 7.55. The maximum absolute atomic E-state index is 12.5. The predicted octanol–water partition coefficient (Wildman–Crippen LogP) is 2.10. The number of nitrogens with one attached hydrogen (secondary N) is 1. The Morgan fingerprint density at radius 3 is 2.33 bits per heavy atom. The van der Waals surface area contributed by atoms with Crippen molar-refractivity contribution in [3.63, 3.8) is 0 Å². The summed E-state index contributed by atoms with van der Waals surface area (Å²) in [6.07, 6.45) is 4.69. The second kappa shape index (κ2) is 9.66. The van der Waals surface area contributed by atoms with Crippen LogP contribution in [-0.2, 0) is 19.6 Å². The minimum atomic E-state index is -3.65. The molecule has 1 atom stereocenters. The molecule has 1 unspecified atom stereocenters. The molecule has 7 nitrogen and oxygen atoms in total. The van der Waals surface area contributed by atoms with Gasteiger partial charge in [-0.15, -0.1) is 6.58 Å². The number of nitrogens with zero attached hydrogens (tertiary/aromatic N) is 1. The van der Waals surface area contributed by atoms with Crippen LogP contribution in [0.2, 0.25) is 0 Å². The fraction of sp³-hybridized carbons (Fsp3) is 0.474. The van der Waals surface area contributed by atoms with E-state index < -0.39 is 22.1 Å². The van der Waals surface area contributed by atoms with E-state index in [9.17, 15) is 18.0 Å². The summed E-state index contributed by atoms with van der Waals surface area (Å²) in [5.74, 6) is -0.855. The number of sulfonamides is 1. The third kappa shape index (κ3) is 5.90. The number of ether oxygens (including phenoxy) is 1. The van der Waals surface area contributed by atoms with Crippen molar-refractivity contribution in [2.45, 2.75) is 43.6 Å². The van der Waals surface area contributed by atoms with Gasteiger partial charge in [-0.25, -0.2) is 17.9 Å². The number of amides is 1. The Morgan fingerprint density at radius 2 is 1.78 bits per heavy atom. The van der Waals surface area contributed by atoms with Crippen molar-refractivity contribution in [3.8, 4) is 0 Å². The zero-order valence-corrected chi connectivity index (χ0v) is 16.3. The van der Waals surface area contributed by atoms with Gasteiger partial charge in [0.2, 0.25) is 10.0 Å². The second-order valence-corrected chi connectivity index (χ2v) is 8.22. The largest absolute Gasteiger partial charge is 0.449 e. The maximum Gasteiger partial charge on any atom is 0.338 e. The molecule has 1 heterocycles. The van der Waals surface area contributed by atoms with Crippen molar-refractivity contribution in [3.05, 3.63) is 42.5 Å². The number of hydrogen-bond acceptors (Lipinski definition) is 5. The lowest BCUT2D eigenvalue weighted by molar-refractivity contribution is -0.139. The Morgan fingerprint density at radius 1 is 1.19 bits per heavy atom. The summed E-state index contributed by atoms with van der Waals surface area (Å²) in [6.45, 7) is 6.50. The Hall–Kier alpha value is -2.19. The summed E-state index contributed by atoms with van der Waals surface area (Å²) in [5, 5.41) is 0. The number of carbonyl (C=O) groups is 2. The molecule has 0 spiro atoms. The predicted molar refractivity (Wildman–Crippen MR) is 102 cm³/mol. The average molecular weight is 394 g/mol. The average Bonchev–Trinajstić information content (AvgIpc) is 2.95. The molecule has 0 radical (unpaired) electrons. The van der Waals surface area contributed by atoms with Gasteiger partial charge in [-0.2, -0.15) is 0 Å². The normalized spacial score (nSPS) is 16.3. The summed E-state index contributed by atoms with van der Waals surface area (Å²) in [7, 11) is -3.65. The Labute approximate surface area is 160 Å². The van der Waals surface area contributed by atoms with E-state index in [-0.39, 0.29) is 22.9 Å². The van der Waals surface area contributed by atoms with Crippen molar-refractivity contribution in [2.24, 2.45) is 0 Å². The molecule has 27 heavy (non-hydrogen) atoms. The van der Waals surface area contributed by atoms with Crippen LogP contribution in [0.3, 0.4) is 0 Å². The zero-order chi connectivity index (χ0) is 19.9. The maximum atomic E-state index is 12.5. The highest BCUT2D eigenvalue weighted by atomic mass is 32.2. The Bertz CT molecular complexity index is 766. The van der Waals surface area contributed by atoms with Crippen LogP contribution in [0.1, 0.15) is 43.0 Å². The highest BCUT2D eigenvalue weighted by Crippen LogP contribution is 2.14. The van der Waals surface area contributed by atoms with E-state index >= 15 is 0 Å². The van der Waals surface area contributed by atoms with Gasteiger partial charge < -0.3 is 9.64 Å². The molecule has 1 saturated heterocycles. The van der Waals surface area contributed by atoms with Crippen molar-refractivity contribution in [1.82, 2.24) is 9.62 Å². The van der Waals surface area contributed by atoms with Gasteiger partial charge in [0.1, 0.15) is 0 Å². The molecule has 1 aliphatic heterocycles. The van der Waals surface area contributed by atoms with Crippen molar-refractivity contribution < 1.29 is 22.7 Å². The van der Waals surface area contributed by atoms with Crippen molar-refractivity contribution in [1.29, 1.82) is 0 Å². The van der Waals surface area contributed by atoms with E-state index in [0.717, 1.165) is 25.7 Å². The molecule has 0 aromatic heterocycles. The third-order valence-electron chi connectivity index (χ3n) is 4.37. The molecule has 0 saturated carbocycles. The van der Waals surface area contributed by atoms with E-state index in [1.54, 1.807) is 11.8 Å². The van der Waals surface area contributed by atoms with Gasteiger partial charge in [0.15, 0.2) is 6.10 Å². The smallest absolute Gasteiger partial charge is 0.338 e. The highest BCUT2D eigenvalue weighted by molar-refractivity contribution is 7.89. The number of rotatable bonds is 7.